The summed E-state index contributed by atoms with van der Waals surface area (Å²) in [5, 5.41) is 2.58. The van der Waals surface area contributed by atoms with Crippen molar-refractivity contribution in [2.75, 3.05) is 11.9 Å². The Morgan fingerprint density at radius 1 is 1.41 bits per heavy atom. The lowest BCUT2D eigenvalue weighted by atomic mass is 10.0. The molecule has 2 atom stereocenters. The third-order valence-electron chi connectivity index (χ3n) is 3.54. The number of likely N-dealkylation sites (tertiary alicyclic amines) is 1. The molecule has 1 nitrogen and oxygen atoms in total. The maximum Gasteiger partial charge on any atom is 0.0452 e. The van der Waals surface area contributed by atoms with E-state index in [2.05, 4.69) is 27.8 Å². The molecule has 0 bridgehead atoms. The number of rotatable bonds is 3. The molecule has 0 N–H and O–H groups in total. The summed E-state index contributed by atoms with van der Waals surface area (Å²) in [6.07, 6.45) is 1.26. The highest BCUT2D eigenvalue weighted by Gasteiger charge is 2.30. The first kappa shape index (κ1) is 13.7. The normalized spacial score (nSPS) is 25.4. The Labute approximate surface area is 121 Å². The van der Waals surface area contributed by atoms with Gasteiger partial charge in [-0.1, -0.05) is 46.1 Å². The van der Waals surface area contributed by atoms with Crippen molar-refractivity contribution < 1.29 is 0 Å². The Morgan fingerprint density at radius 3 is 2.88 bits per heavy atom. The largest absolute Gasteiger partial charge is 0.295 e. The van der Waals surface area contributed by atoms with Gasteiger partial charge in [-0.3, -0.25) is 4.90 Å². The number of hydrogen-bond acceptors (Lipinski definition) is 1. The summed E-state index contributed by atoms with van der Waals surface area (Å²) in [7, 11) is 0. The third-order valence-corrected chi connectivity index (χ3v) is 4.80. The minimum absolute atomic E-state index is 0.602. The summed E-state index contributed by atoms with van der Waals surface area (Å²) in [6.45, 7) is 4.34. The Hall–Kier alpha value is 0.240. The van der Waals surface area contributed by atoms with Gasteiger partial charge in [-0.15, -0.1) is 0 Å². The molecule has 2 unspecified atom stereocenters. The zero-order valence-electron chi connectivity index (χ0n) is 9.80. The van der Waals surface area contributed by atoms with E-state index in [9.17, 15) is 0 Å². The second-order valence-electron chi connectivity index (χ2n) is 4.69. The number of halogens is 3. The summed E-state index contributed by atoms with van der Waals surface area (Å²) < 4.78 is 0. The molecule has 0 aromatic heterocycles. The van der Waals surface area contributed by atoms with E-state index in [1.54, 1.807) is 0 Å². The molecule has 1 heterocycles. The quantitative estimate of drug-likeness (QED) is 0.729. The van der Waals surface area contributed by atoms with E-state index >= 15 is 0 Å². The number of nitrogens with zero attached hydrogens (tertiary/aromatic N) is 1. The van der Waals surface area contributed by atoms with Crippen molar-refractivity contribution in [2.45, 2.75) is 25.9 Å². The Morgan fingerprint density at radius 2 is 2.18 bits per heavy atom. The molecule has 1 aromatic carbocycles. The van der Waals surface area contributed by atoms with Crippen LogP contribution in [0.15, 0.2) is 18.2 Å². The van der Waals surface area contributed by atoms with E-state index in [0.29, 0.717) is 6.04 Å². The fourth-order valence-electron chi connectivity index (χ4n) is 2.42. The van der Waals surface area contributed by atoms with E-state index in [-0.39, 0.29) is 0 Å². The van der Waals surface area contributed by atoms with Gasteiger partial charge < -0.3 is 0 Å². The lowest BCUT2D eigenvalue weighted by Crippen LogP contribution is -2.33. The van der Waals surface area contributed by atoms with Crippen LogP contribution in [0.4, 0.5) is 0 Å². The Balaban J connectivity index is 2.12. The molecule has 1 aromatic rings. The number of alkyl halides is 1. The van der Waals surface area contributed by atoms with E-state index in [1.807, 2.05) is 18.2 Å². The summed E-state index contributed by atoms with van der Waals surface area (Å²) in [4.78, 5) is 2.48. The molecule has 0 saturated carbocycles. The van der Waals surface area contributed by atoms with Gasteiger partial charge >= 0.3 is 0 Å². The molecule has 0 radical (unpaired) electrons. The fourth-order valence-corrected chi connectivity index (χ4v) is 3.84. The maximum absolute atomic E-state index is 6.20. The van der Waals surface area contributed by atoms with Gasteiger partial charge in [0.2, 0.25) is 0 Å². The van der Waals surface area contributed by atoms with Crippen molar-refractivity contribution in [2.24, 2.45) is 5.92 Å². The molecule has 0 aliphatic carbocycles. The van der Waals surface area contributed by atoms with Crippen LogP contribution in [0.5, 0.6) is 0 Å². The number of benzene rings is 1. The first-order chi connectivity index (χ1) is 8.11. The van der Waals surface area contributed by atoms with E-state index in [4.69, 9.17) is 23.2 Å². The summed E-state index contributed by atoms with van der Waals surface area (Å²) in [6, 6.07) is 6.28. The van der Waals surface area contributed by atoms with Crippen molar-refractivity contribution in [3.05, 3.63) is 33.8 Å². The maximum atomic E-state index is 6.20. The van der Waals surface area contributed by atoms with Crippen LogP contribution in [0.25, 0.3) is 0 Å². The zero-order chi connectivity index (χ0) is 12.4. The smallest absolute Gasteiger partial charge is 0.0452 e. The second-order valence-corrected chi connectivity index (χ2v) is 6.18. The van der Waals surface area contributed by atoms with Crippen LogP contribution in [-0.2, 0) is 6.54 Å². The van der Waals surface area contributed by atoms with Crippen LogP contribution < -0.4 is 0 Å². The molecular formula is C13H16BrCl2N. The van der Waals surface area contributed by atoms with Crippen molar-refractivity contribution in [1.29, 1.82) is 0 Å². The van der Waals surface area contributed by atoms with Gasteiger partial charge in [0.1, 0.15) is 0 Å². The highest BCUT2D eigenvalue weighted by Crippen LogP contribution is 2.29. The highest BCUT2D eigenvalue weighted by molar-refractivity contribution is 9.09. The van der Waals surface area contributed by atoms with Gasteiger partial charge in [0, 0.05) is 28.0 Å². The average molecular weight is 337 g/mol. The summed E-state index contributed by atoms with van der Waals surface area (Å²) in [5.74, 6) is 0.743. The van der Waals surface area contributed by atoms with Crippen LogP contribution in [-0.4, -0.2) is 22.8 Å². The van der Waals surface area contributed by atoms with E-state index < -0.39 is 0 Å². The molecule has 1 saturated heterocycles. The Kier molecular flexibility index (Phi) is 4.76. The van der Waals surface area contributed by atoms with E-state index in [1.165, 1.54) is 6.42 Å². The minimum atomic E-state index is 0.602. The van der Waals surface area contributed by atoms with Gasteiger partial charge in [0.15, 0.2) is 0 Å². The van der Waals surface area contributed by atoms with Crippen molar-refractivity contribution in [3.8, 4) is 0 Å². The third kappa shape index (κ3) is 3.17. The molecule has 1 aliphatic rings. The first-order valence-electron chi connectivity index (χ1n) is 5.85. The van der Waals surface area contributed by atoms with Crippen molar-refractivity contribution in [3.63, 3.8) is 0 Å². The number of hydrogen-bond donors (Lipinski definition) is 0. The van der Waals surface area contributed by atoms with Gasteiger partial charge in [-0.05, 0) is 42.6 Å². The molecular weight excluding hydrogens is 321 g/mol. The summed E-state index contributed by atoms with van der Waals surface area (Å²) >= 11 is 15.8. The second kappa shape index (κ2) is 5.92. The highest BCUT2D eigenvalue weighted by atomic mass is 79.9. The SMILES string of the molecule is CC1CCN(Cc2cc(Cl)ccc2Cl)C1CBr. The average Bonchev–Trinajstić information content (AvgIpc) is 2.64. The lowest BCUT2D eigenvalue weighted by molar-refractivity contribution is 0.244. The van der Waals surface area contributed by atoms with Crippen LogP contribution >= 0.6 is 39.1 Å². The monoisotopic (exact) mass is 335 g/mol. The molecule has 17 heavy (non-hydrogen) atoms. The minimum Gasteiger partial charge on any atom is -0.295 e. The molecule has 4 heteroatoms. The molecule has 2 rings (SSSR count). The summed E-state index contributed by atoms with van der Waals surface area (Å²) in [5.41, 5.74) is 1.12. The first-order valence-corrected chi connectivity index (χ1v) is 7.73. The molecule has 0 amide bonds. The van der Waals surface area contributed by atoms with Crippen molar-refractivity contribution in [1.82, 2.24) is 4.90 Å². The van der Waals surface area contributed by atoms with Crippen LogP contribution in [0.1, 0.15) is 18.9 Å². The topological polar surface area (TPSA) is 3.24 Å². The Bertz CT molecular complexity index is 397. The molecule has 94 valence electrons. The predicted molar refractivity (Wildman–Crippen MR) is 78.2 cm³/mol. The van der Waals surface area contributed by atoms with Gasteiger partial charge in [-0.25, -0.2) is 0 Å². The predicted octanol–water partition coefficient (Wildman–Crippen LogP) is 4.60. The fraction of sp³-hybridized carbons (Fsp3) is 0.538. The van der Waals surface area contributed by atoms with Gasteiger partial charge in [0.05, 0.1) is 0 Å². The van der Waals surface area contributed by atoms with Crippen molar-refractivity contribution >= 4 is 39.1 Å². The van der Waals surface area contributed by atoms with Gasteiger partial charge in [-0.2, -0.15) is 0 Å². The zero-order valence-corrected chi connectivity index (χ0v) is 12.9. The van der Waals surface area contributed by atoms with Crippen LogP contribution in [0, 0.1) is 5.92 Å². The lowest BCUT2D eigenvalue weighted by Gasteiger charge is -2.25. The molecule has 0 spiro atoms. The van der Waals surface area contributed by atoms with Gasteiger partial charge in [0.25, 0.3) is 0 Å². The molecule has 1 fully saturated rings. The van der Waals surface area contributed by atoms with Crippen LogP contribution in [0.3, 0.4) is 0 Å². The van der Waals surface area contributed by atoms with Crippen LogP contribution in [0.2, 0.25) is 10.0 Å². The van der Waals surface area contributed by atoms with E-state index in [0.717, 1.165) is 39.9 Å². The standard InChI is InChI=1S/C13H16BrCl2N/c1-9-4-5-17(13(9)7-14)8-10-6-11(15)2-3-12(10)16/h2-3,6,9,13H,4-5,7-8H2,1H3. The molecule has 1 aliphatic heterocycles.